The van der Waals surface area contributed by atoms with Crippen molar-refractivity contribution in [3.05, 3.63) is 35.6 Å². The van der Waals surface area contributed by atoms with Gasteiger partial charge in [0.25, 0.3) is 0 Å². The Kier molecular flexibility index (Phi) is 2.93. The molecule has 11 heavy (non-hydrogen) atoms. The van der Waals surface area contributed by atoms with Crippen LogP contribution in [0.5, 0.6) is 0 Å². The second-order valence-electron chi connectivity index (χ2n) is 2.06. The van der Waals surface area contributed by atoms with Gasteiger partial charge >= 0.3 is 0 Å². The number of hydrogen-bond acceptors (Lipinski definition) is 1. The van der Waals surface area contributed by atoms with Crippen LogP contribution in [-0.4, -0.2) is 10.9 Å². The van der Waals surface area contributed by atoms with Crippen molar-refractivity contribution in [1.29, 1.82) is 0 Å². The van der Waals surface area contributed by atoms with Gasteiger partial charge in [0.1, 0.15) is 0 Å². The lowest BCUT2D eigenvalue weighted by Gasteiger charge is -1.98. The second-order valence-corrected chi connectivity index (χ2v) is 2.32. The minimum absolute atomic E-state index is 0.643. The summed E-state index contributed by atoms with van der Waals surface area (Å²) in [5.41, 5.74) is 2.11. The zero-order valence-corrected chi connectivity index (χ0v) is 6.66. The van der Waals surface area contributed by atoms with E-state index in [1.807, 2.05) is 16.8 Å². The number of aromatic nitrogens is 1. The monoisotopic (exact) mass is 169 g/mol. The fraction of sp³-hybridized carbons (Fsp3) is 0.125. The van der Waals surface area contributed by atoms with Gasteiger partial charge in [0.15, 0.2) is 6.29 Å². The lowest BCUT2D eigenvalue weighted by molar-refractivity contribution is 0.111. The first kappa shape index (κ1) is 8.08. The predicted octanol–water partition coefficient (Wildman–Crippen LogP) is 2.05. The first-order chi connectivity index (χ1) is 5.38. The Morgan fingerprint density at radius 2 is 2.45 bits per heavy atom. The third-order valence-corrected chi connectivity index (χ3v) is 1.55. The molecule has 1 aromatic heterocycles. The summed E-state index contributed by atoms with van der Waals surface area (Å²) in [7, 11) is 0. The van der Waals surface area contributed by atoms with Crippen molar-refractivity contribution >= 4 is 17.9 Å². The van der Waals surface area contributed by atoms with Gasteiger partial charge in [-0.05, 0) is 12.1 Å². The lowest BCUT2D eigenvalue weighted by atomic mass is 10.4. The van der Waals surface area contributed by atoms with Crippen LogP contribution in [0, 0.1) is 0 Å². The normalized spacial score (nSPS) is 10.6. The Hall–Kier alpha value is -1.02. The molecule has 2 nitrogen and oxygen atoms in total. The molecule has 0 spiro atoms. The first-order valence-electron chi connectivity index (χ1n) is 3.24. The highest BCUT2D eigenvalue weighted by Crippen LogP contribution is 1.99. The SMILES string of the molecule is O=Cc1cccn1CC=CCl. The maximum atomic E-state index is 10.4. The van der Waals surface area contributed by atoms with E-state index in [-0.39, 0.29) is 0 Å². The van der Waals surface area contributed by atoms with E-state index in [2.05, 4.69) is 0 Å². The van der Waals surface area contributed by atoms with Crippen LogP contribution in [0.2, 0.25) is 0 Å². The highest BCUT2D eigenvalue weighted by Gasteiger charge is 1.94. The molecule has 3 heteroatoms. The number of allylic oxidation sites excluding steroid dienone is 1. The van der Waals surface area contributed by atoms with Gasteiger partial charge < -0.3 is 4.57 Å². The summed E-state index contributed by atoms with van der Waals surface area (Å²) in [6.45, 7) is 0.643. The molecular weight excluding hydrogens is 162 g/mol. The van der Waals surface area contributed by atoms with Gasteiger partial charge in [-0.3, -0.25) is 4.79 Å². The van der Waals surface area contributed by atoms with Crippen LogP contribution in [0.4, 0.5) is 0 Å². The summed E-state index contributed by atoms with van der Waals surface area (Å²) in [4.78, 5) is 10.4. The highest BCUT2D eigenvalue weighted by molar-refractivity contribution is 6.25. The molecule has 0 aliphatic rings. The topological polar surface area (TPSA) is 22.0 Å². The van der Waals surface area contributed by atoms with Gasteiger partial charge in [-0.2, -0.15) is 0 Å². The molecule has 1 heterocycles. The van der Waals surface area contributed by atoms with Crippen molar-refractivity contribution in [3.63, 3.8) is 0 Å². The smallest absolute Gasteiger partial charge is 0.166 e. The van der Waals surface area contributed by atoms with Gasteiger partial charge in [-0.1, -0.05) is 17.7 Å². The Morgan fingerprint density at radius 1 is 1.64 bits per heavy atom. The number of aldehydes is 1. The van der Waals surface area contributed by atoms with Crippen LogP contribution in [0.15, 0.2) is 29.9 Å². The zero-order chi connectivity index (χ0) is 8.10. The van der Waals surface area contributed by atoms with Crippen LogP contribution in [-0.2, 0) is 6.54 Å². The highest BCUT2D eigenvalue weighted by atomic mass is 35.5. The number of hydrogen-bond donors (Lipinski definition) is 0. The summed E-state index contributed by atoms with van der Waals surface area (Å²) < 4.78 is 1.81. The van der Waals surface area contributed by atoms with E-state index >= 15 is 0 Å². The van der Waals surface area contributed by atoms with Crippen LogP contribution < -0.4 is 0 Å². The van der Waals surface area contributed by atoms with Crippen molar-refractivity contribution in [2.45, 2.75) is 6.54 Å². The van der Waals surface area contributed by atoms with Gasteiger partial charge in [-0.25, -0.2) is 0 Å². The number of carbonyl (C=O) groups is 1. The van der Waals surface area contributed by atoms with E-state index < -0.39 is 0 Å². The standard InChI is InChI=1S/C8H8ClNO/c9-4-2-6-10-5-1-3-8(10)7-11/h1-5,7H,6H2. The van der Waals surface area contributed by atoms with E-state index in [1.165, 1.54) is 5.54 Å². The van der Waals surface area contributed by atoms with Crippen molar-refractivity contribution in [2.24, 2.45) is 0 Å². The Labute approximate surface area is 70.1 Å². The molecule has 0 aliphatic carbocycles. The molecule has 0 bridgehead atoms. The van der Waals surface area contributed by atoms with E-state index in [1.54, 1.807) is 12.1 Å². The number of carbonyl (C=O) groups excluding carboxylic acids is 1. The Bertz CT molecular complexity index is 265. The van der Waals surface area contributed by atoms with Crippen molar-refractivity contribution < 1.29 is 4.79 Å². The fourth-order valence-electron chi connectivity index (χ4n) is 0.854. The largest absolute Gasteiger partial charge is 0.341 e. The average molecular weight is 170 g/mol. The van der Waals surface area contributed by atoms with Crippen molar-refractivity contribution in [1.82, 2.24) is 4.57 Å². The molecule has 0 radical (unpaired) electrons. The Balaban J connectivity index is 2.76. The van der Waals surface area contributed by atoms with Crippen molar-refractivity contribution in [3.8, 4) is 0 Å². The lowest BCUT2D eigenvalue weighted by Crippen LogP contribution is -1.97. The fourth-order valence-corrected chi connectivity index (χ4v) is 0.934. The van der Waals surface area contributed by atoms with E-state index in [4.69, 9.17) is 11.6 Å². The third kappa shape index (κ3) is 1.95. The molecular formula is C8H8ClNO. The molecule has 0 atom stereocenters. The van der Waals surface area contributed by atoms with E-state index in [0.29, 0.717) is 12.2 Å². The quantitative estimate of drug-likeness (QED) is 0.635. The van der Waals surface area contributed by atoms with Crippen LogP contribution >= 0.6 is 11.6 Å². The minimum atomic E-state index is 0.643. The predicted molar refractivity (Wildman–Crippen MR) is 44.8 cm³/mol. The average Bonchev–Trinajstić information content (AvgIpc) is 2.47. The first-order valence-corrected chi connectivity index (χ1v) is 3.67. The summed E-state index contributed by atoms with van der Waals surface area (Å²) >= 11 is 5.33. The molecule has 0 saturated heterocycles. The van der Waals surface area contributed by atoms with E-state index in [9.17, 15) is 4.79 Å². The molecule has 0 unspecified atom stereocenters. The second kappa shape index (κ2) is 3.98. The van der Waals surface area contributed by atoms with Gasteiger partial charge in [-0.15, -0.1) is 0 Å². The van der Waals surface area contributed by atoms with Gasteiger partial charge in [0.2, 0.25) is 0 Å². The number of nitrogens with zero attached hydrogens (tertiary/aromatic N) is 1. The molecule has 0 N–H and O–H groups in total. The summed E-state index contributed by atoms with van der Waals surface area (Å²) in [5, 5.41) is 0. The zero-order valence-electron chi connectivity index (χ0n) is 5.90. The number of rotatable bonds is 3. The molecule has 0 aliphatic heterocycles. The molecule has 0 amide bonds. The van der Waals surface area contributed by atoms with Crippen LogP contribution in [0.25, 0.3) is 0 Å². The third-order valence-electron chi connectivity index (χ3n) is 1.38. The number of halogens is 1. The molecule has 0 fully saturated rings. The van der Waals surface area contributed by atoms with Gasteiger partial charge in [0, 0.05) is 18.3 Å². The summed E-state index contributed by atoms with van der Waals surface area (Å²) in [6, 6.07) is 3.58. The van der Waals surface area contributed by atoms with Crippen molar-refractivity contribution in [2.75, 3.05) is 0 Å². The molecule has 58 valence electrons. The molecule has 0 saturated carbocycles. The summed E-state index contributed by atoms with van der Waals surface area (Å²) in [5.74, 6) is 0. The Morgan fingerprint density at radius 3 is 3.09 bits per heavy atom. The minimum Gasteiger partial charge on any atom is -0.341 e. The molecule has 0 aromatic carbocycles. The van der Waals surface area contributed by atoms with Crippen LogP contribution in [0.3, 0.4) is 0 Å². The van der Waals surface area contributed by atoms with E-state index in [0.717, 1.165) is 6.29 Å². The molecule has 1 rings (SSSR count). The van der Waals surface area contributed by atoms with Crippen LogP contribution in [0.1, 0.15) is 10.5 Å². The summed E-state index contributed by atoms with van der Waals surface area (Å²) in [6.07, 6.45) is 4.43. The maximum Gasteiger partial charge on any atom is 0.166 e. The molecule has 1 aromatic rings. The maximum absolute atomic E-state index is 10.4. The van der Waals surface area contributed by atoms with Gasteiger partial charge in [0.05, 0.1) is 5.69 Å².